The molecule has 0 radical (unpaired) electrons. The monoisotopic (exact) mass is 764 g/mol. The number of rotatable bonds is 5. The lowest BCUT2D eigenvalue weighted by molar-refractivity contribution is 1.01. The number of hydrogen-bond acceptors (Lipinski definition) is 4. The third kappa shape index (κ3) is 4.76. The highest BCUT2D eigenvalue weighted by atomic mass is 15.2. The van der Waals surface area contributed by atoms with Crippen LogP contribution in [0.15, 0.2) is 194 Å². The lowest BCUT2D eigenvalue weighted by atomic mass is 9.94. The Morgan fingerprint density at radius 1 is 0.300 bits per heavy atom. The van der Waals surface area contributed by atoms with Gasteiger partial charge in [0.1, 0.15) is 0 Å². The highest BCUT2D eigenvalue weighted by Gasteiger charge is 2.23. The SMILES string of the molecule is c1ccc(-c2nc(-n3c4ccccc4c4cc(-c5ccc6c7c5ccc5cccc(c57)n6-c5nc(-c6ccccc6)c6ccccc6n5)ccc43)nc3ccccc23)cc1. The van der Waals surface area contributed by atoms with Crippen LogP contribution in [0.25, 0.3) is 122 Å². The van der Waals surface area contributed by atoms with Crippen molar-refractivity contribution in [2.75, 3.05) is 0 Å². The number of para-hydroxylation sites is 3. The first-order valence-corrected chi connectivity index (χ1v) is 20.2. The molecule has 4 heterocycles. The highest BCUT2D eigenvalue weighted by molar-refractivity contribution is 6.27. The minimum absolute atomic E-state index is 0.651. The van der Waals surface area contributed by atoms with E-state index in [2.05, 4.69) is 179 Å². The fourth-order valence-electron chi connectivity index (χ4n) is 9.47. The minimum Gasteiger partial charge on any atom is -0.278 e. The van der Waals surface area contributed by atoms with Crippen LogP contribution in [0.1, 0.15) is 0 Å². The molecule has 6 nitrogen and oxygen atoms in total. The normalized spacial score (nSPS) is 12.0. The zero-order chi connectivity index (χ0) is 39.3. The van der Waals surface area contributed by atoms with Crippen LogP contribution < -0.4 is 0 Å². The topological polar surface area (TPSA) is 61.4 Å². The summed E-state index contributed by atoms with van der Waals surface area (Å²) in [5, 5.41) is 9.16. The van der Waals surface area contributed by atoms with Crippen LogP contribution in [0.4, 0.5) is 0 Å². The standard InChI is InChI=1S/C54H32N6/c1-3-14-34(15-4-1)51-40-20-7-10-22-43(40)55-53(57-51)59-45-24-12-9-19-38(45)42-32-36(27-30-46(42)59)37-29-31-48-50-39(37)28-26-33-18-13-25-47(49(33)50)60(48)54-56-44-23-11-8-21-41(44)52(58-54)35-16-5-2-6-17-35/h1-32H. The molecule has 0 aliphatic heterocycles. The molecule has 0 saturated heterocycles. The first kappa shape index (κ1) is 32.8. The van der Waals surface area contributed by atoms with Gasteiger partial charge in [0, 0.05) is 43.4 Å². The molecular formula is C54H32N6. The highest BCUT2D eigenvalue weighted by Crippen LogP contribution is 2.44. The maximum atomic E-state index is 5.32. The van der Waals surface area contributed by atoms with E-state index in [1.807, 2.05) is 24.3 Å². The maximum Gasteiger partial charge on any atom is 0.235 e. The van der Waals surface area contributed by atoms with Gasteiger partial charge in [0.05, 0.1) is 44.5 Å². The average molecular weight is 765 g/mol. The van der Waals surface area contributed by atoms with Crippen LogP contribution in [-0.2, 0) is 0 Å². The van der Waals surface area contributed by atoms with Gasteiger partial charge in [0.25, 0.3) is 0 Å². The molecule has 278 valence electrons. The minimum atomic E-state index is 0.651. The molecular weight excluding hydrogens is 733 g/mol. The second kappa shape index (κ2) is 12.6. The molecule has 0 bridgehead atoms. The molecule has 0 N–H and O–H groups in total. The van der Waals surface area contributed by atoms with Crippen LogP contribution in [0, 0.1) is 0 Å². The van der Waals surface area contributed by atoms with Crippen LogP contribution in [0.2, 0.25) is 0 Å². The molecule has 0 saturated carbocycles. The van der Waals surface area contributed by atoms with E-state index in [1.54, 1.807) is 0 Å². The maximum absolute atomic E-state index is 5.32. The van der Waals surface area contributed by atoms with Gasteiger partial charge in [-0.15, -0.1) is 0 Å². The van der Waals surface area contributed by atoms with Crippen molar-refractivity contribution >= 4 is 76.2 Å². The summed E-state index contributed by atoms with van der Waals surface area (Å²) in [7, 11) is 0. The first-order chi connectivity index (χ1) is 29.8. The predicted molar refractivity (Wildman–Crippen MR) is 246 cm³/mol. The predicted octanol–water partition coefficient (Wildman–Crippen LogP) is 13.4. The van der Waals surface area contributed by atoms with Crippen molar-refractivity contribution in [2.24, 2.45) is 0 Å². The molecule has 60 heavy (non-hydrogen) atoms. The van der Waals surface area contributed by atoms with E-state index in [-0.39, 0.29) is 0 Å². The van der Waals surface area contributed by atoms with E-state index in [4.69, 9.17) is 19.9 Å². The number of benzene rings is 9. The third-order valence-corrected chi connectivity index (χ3v) is 12.1. The molecule has 0 atom stereocenters. The van der Waals surface area contributed by atoms with Crippen molar-refractivity contribution in [3.63, 3.8) is 0 Å². The number of hydrogen-bond donors (Lipinski definition) is 0. The molecule has 0 fully saturated rings. The largest absolute Gasteiger partial charge is 0.278 e. The Bertz CT molecular complexity index is 3830. The number of fused-ring (bicyclic) bond motifs is 5. The number of aromatic nitrogens is 6. The Balaban J connectivity index is 1.03. The van der Waals surface area contributed by atoms with Gasteiger partial charge >= 0.3 is 0 Å². The molecule has 13 aromatic rings. The van der Waals surface area contributed by atoms with E-state index < -0.39 is 0 Å². The van der Waals surface area contributed by atoms with Crippen LogP contribution in [0.5, 0.6) is 0 Å². The Morgan fingerprint density at radius 3 is 1.52 bits per heavy atom. The van der Waals surface area contributed by atoms with Gasteiger partial charge in [0.15, 0.2) is 0 Å². The van der Waals surface area contributed by atoms with E-state index in [9.17, 15) is 0 Å². The third-order valence-electron chi connectivity index (χ3n) is 12.1. The second-order valence-electron chi connectivity index (χ2n) is 15.4. The van der Waals surface area contributed by atoms with E-state index >= 15 is 0 Å². The van der Waals surface area contributed by atoms with Crippen molar-refractivity contribution < 1.29 is 0 Å². The Hall–Kier alpha value is -8.22. The molecule has 9 aromatic carbocycles. The summed E-state index contributed by atoms with van der Waals surface area (Å²) in [6, 6.07) is 68.4. The number of nitrogens with zero attached hydrogens (tertiary/aromatic N) is 6. The Labute approximate surface area is 343 Å². The lowest BCUT2D eigenvalue weighted by Crippen LogP contribution is -2.03. The molecule has 4 aromatic heterocycles. The molecule has 0 aliphatic carbocycles. The fourth-order valence-corrected chi connectivity index (χ4v) is 9.47. The quantitative estimate of drug-likeness (QED) is 0.164. The zero-order valence-corrected chi connectivity index (χ0v) is 32.2. The lowest BCUT2D eigenvalue weighted by Gasteiger charge is -2.13. The summed E-state index contributed by atoms with van der Waals surface area (Å²) < 4.78 is 4.46. The van der Waals surface area contributed by atoms with E-state index in [0.29, 0.717) is 11.9 Å². The summed E-state index contributed by atoms with van der Waals surface area (Å²) in [4.78, 5) is 21.0. The smallest absolute Gasteiger partial charge is 0.235 e. The van der Waals surface area contributed by atoms with Gasteiger partial charge in [-0.05, 0) is 64.4 Å². The van der Waals surface area contributed by atoms with Gasteiger partial charge < -0.3 is 0 Å². The Kier molecular flexibility index (Phi) is 6.91. The van der Waals surface area contributed by atoms with Crippen molar-refractivity contribution in [3.05, 3.63) is 194 Å². The average Bonchev–Trinajstić information content (AvgIpc) is 3.84. The van der Waals surface area contributed by atoms with Crippen LogP contribution in [0.3, 0.4) is 0 Å². The van der Waals surface area contributed by atoms with Crippen LogP contribution >= 0.6 is 0 Å². The molecule has 0 aliphatic rings. The molecule has 0 amide bonds. The summed E-state index contributed by atoms with van der Waals surface area (Å²) in [5.74, 6) is 1.31. The summed E-state index contributed by atoms with van der Waals surface area (Å²) in [6.07, 6.45) is 0. The van der Waals surface area contributed by atoms with E-state index in [0.717, 1.165) is 82.7 Å². The first-order valence-electron chi connectivity index (χ1n) is 20.2. The van der Waals surface area contributed by atoms with Crippen molar-refractivity contribution in [1.82, 2.24) is 29.1 Å². The zero-order valence-electron chi connectivity index (χ0n) is 32.2. The van der Waals surface area contributed by atoms with Gasteiger partial charge in [-0.3, -0.25) is 9.13 Å². The fraction of sp³-hybridized carbons (Fsp3) is 0. The molecule has 0 spiro atoms. The van der Waals surface area contributed by atoms with Crippen LogP contribution in [-0.4, -0.2) is 29.1 Å². The van der Waals surface area contributed by atoms with Crippen molar-refractivity contribution in [2.45, 2.75) is 0 Å². The summed E-state index contributed by atoms with van der Waals surface area (Å²) in [6.45, 7) is 0. The van der Waals surface area contributed by atoms with Gasteiger partial charge in [-0.1, -0.05) is 152 Å². The van der Waals surface area contributed by atoms with Gasteiger partial charge in [-0.25, -0.2) is 19.9 Å². The van der Waals surface area contributed by atoms with Crippen molar-refractivity contribution in [3.8, 4) is 45.5 Å². The molecule has 0 unspecified atom stereocenters. The summed E-state index contributed by atoms with van der Waals surface area (Å²) >= 11 is 0. The Morgan fingerprint density at radius 2 is 0.833 bits per heavy atom. The van der Waals surface area contributed by atoms with Gasteiger partial charge in [-0.2, -0.15) is 0 Å². The molecule has 6 heteroatoms. The van der Waals surface area contributed by atoms with E-state index in [1.165, 1.54) is 27.1 Å². The van der Waals surface area contributed by atoms with Crippen molar-refractivity contribution in [1.29, 1.82) is 0 Å². The summed E-state index contributed by atoms with van der Waals surface area (Å²) in [5.41, 5.74) is 12.4. The second-order valence-corrected chi connectivity index (χ2v) is 15.4. The van der Waals surface area contributed by atoms with Gasteiger partial charge in [0.2, 0.25) is 11.9 Å². The molecule has 13 rings (SSSR count).